The summed E-state index contributed by atoms with van der Waals surface area (Å²) in [5, 5.41) is 11.4. The Balaban J connectivity index is 1.99. The maximum Gasteiger partial charge on any atom is 0.328 e. The van der Waals surface area contributed by atoms with Crippen LogP contribution in [0.3, 0.4) is 0 Å². The van der Waals surface area contributed by atoms with Gasteiger partial charge in [0.15, 0.2) is 0 Å². The lowest BCUT2D eigenvalue weighted by Gasteiger charge is -2.36. The molecule has 182 valence electrons. The van der Waals surface area contributed by atoms with Crippen molar-refractivity contribution in [3.8, 4) is 5.75 Å². The Kier molecular flexibility index (Phi) is 7.30. The highest BCUT2D eigenvalue weighted by Gasteiger charge is 2.36. The van der Waals surface area contributed by atoms with Gasteiger partial charge in [-0.1, -0.05) is 6.07 Å². The third kappa shape index (κ3) is 5.39. The normalized spacial score (nSPS) is 16.2. The molecule has 1 heterocycles. The van der Waals surface area contributed by atoms with Crippen molar-refractivity contribution >= 4 is 33.5 Å². The molecule has 7 nitrogen and oxygen atoms in total. The molecule has 0 bridgehead atoms. The van der Waals surface area contributed by atoms with Crippen LogP contribution in [-0.2, 0) is 20.8 Å². The molecule has 34 heavy (non-hydrogen) atoms. The highest BCUT2D eigenvalue weighted by atomic mass is 32.3. The first-order chi connectivity index (χ1) is 15.9. The first-order valence-corrected chi connectivity index (χ1v) is 13.1. The standard InChI is InChI=1S/C24H26F2N2O5S/c1-33-16-5-6-17-14(11-16)9-10-28(20(29)7-8-21(30)31)22(17)24(32)27-15-12-18(25)23(19(26)13-15)34(2,3)4/h5-8,11-13,22H,9-10H2,1-4H3,(H,27,32)(H,30,31)/b8-7+/t22-/m1/s1. The van der Waals surface area contributed by atoms with Gasteiger partial charge in [0.25, 0.3) is 5.91 Å². The molecular weight excluding hydrogens is 466 g/mol. The van der Waals surface area contributed by atoms with Crippen LogP contribution in [0.2, 0.25) is 0 Å². The summed E-state index contributed by atoms with van der Waals surface area (Å²) in [5.74, 6) is -3.60. The van der Waals surface area contributed by atoms with Crippen LogP contribution in [0.25, 0.3) is 0 Å². The minimum atomic E-state index is -1.69. The lowest BCUT2D eigenvalue weighted by molar-refractivity contribution is -0.136. The number of aliphatic carboxylic acids is 1. The average Bonchev–Trinajstić information content (AvgIpc) is 2.74. The fourth-order valence-electron chi connectivity index (χ4n) is 3.92. The SMILES string of the molecule is COc1ccc2c(c1)CCN(C(=O)/C=C/C(=O)O)[C@H]2C(=O)Nc1cc(F)c(S(C)(C)C)c(F)c1. The molecule has 2 aromatic carbocycles. The van der Waals surface area contributed by atoms with E-state index in [1.807, 2.05) is 0 Å². The number of ether oxygens (including phenoxy) is 1. The summed E-state index contributed by atoms with van der Waals surface area (Å²) >= 11 is 0. The van der Waals surface area contributed by atoms with Gasteiger partial charge < -0.3 is 20.1 Å². The molecule has 0 saturated carbocycles. The zero-order valence-electron chi connectivity index (χ0n) is 19.2. The van der Waals surface area contributed by atoms with Gasteiger partial charge in [0.1, 0.15) is 23.4 Å². The Labute approximate surface area is 197 Å². The lowest BCUT2D eigenvalue weighted by Crippen LogP contribution is -2.44. The van der Waals surface area contributed by atoms with Crippen molar-refractivity contribution in [1.29, 1.82) is 0 Å². The third-order valence-corrected chi connectivity index (χ3v) is 6.97. The summed E-state index contributed by atoms with van der Waals surface area (Å²) in [6.45, 7) is 0.135. The average molecular weight is 493 g/mol. The minimum absolute atomic E-state index is 0.0174. The number of carbonyl (C=O) groups excluding carboxylic acids is 2. The quantitative estimate of drug-likeness (QED) is 0.599. The molecule has 1 aliphatic rings. The summed E-state index contributed by atoms with van der Waals surface area (Å²) < 4.78 is 34.6. The number of amides is 2. The van der Waals surface area contributed by atoms with E-state index in [9.17, 15) is 23.2 Å². The summed E-state index contributed by atoms with van der Waals surface area (Å²) in [6, 6.07) is 6.02. The Morgan fingerprint density at radius 2 is 1.76 bits per heavy atom. The van der Waals surface area contributed by atoms with E-state index in [2.05, 4.69) is 5.32 Å². The van der Waals surface area contributed by atoms with Crippen molar-refractivity contribution in [3.05, 3.63) is 65.2 Å². The van der Waals surface area contributed by atoms with Gasteiger partial charge in [-0.25, -0.2) is 23.6 Å². The van der Waals surface area contributed by atoms with Gasteiger partial charge in [0, 0.05) is 24.4 Å². The maximum absolute atomic E-state index is 14.7. The smallest absolute Gasteiger partial charge is 0.328 e. The second-order valence-corrected chi connectivity index (χ2v) is 12.6. The van der Waals surface area contributed by atoms with E-state index < -0.39 is 45.5 Å². The van der Waals surface area contributed by atoms with Crippen molar-refractivity contribution in [3.63, 3.8) is 0 Å². The van der Waals surface area contributed by atoms with E-state index in [4.69, 9.17) is 9.84 Å². The molecule has 2 N–H and O–H groups in total. The Morgan fingerprint density at radius 3 is 2.32 bits per heavy atom. The summed E-state index contributed by atoms with van der Waals surface area (Å²) in [6.07, 6.45) is 7.25. The van der Waals surface area contributed by atoms with Crippen LogP contribution in [0, 0.1) is 11.6 Å². The molecule has 0 aromatic heterocycles. The van der Waals surface area contributed by atoms with Crippen LogP contribution >= 0.6 is 10.0 Å². The van der Waals surface area contributed by atoms with E-state index in [1.54, 1.807) is 37.0 Å². The Hall–Kier alpha value is -3.40. The van der Waals surface area contributed by atoms with Gasteiger partial charge in [0.05, 0.1) is 12.0 Å². The maximum atomic E-state index is 14.7. The van der Waals surface area contributed by atoms with Crippen LogP contribution in [0.1, 0.15) is 17.2 Å². The van der Waals surface area contributed by atoms with Crippen LogP contribution in [0.15, 0.2) is 47.4 Å². The Bertz CT molecular complexity index is 1150. The van der Waals surface area contributed by atoms with Crippen molar-refractivity contribution in [2.24, 2.45) is 0 Å². The fraction of sp³-hybridized carbons (Fsp3) is 0.292. The molecule has 2 amide bonds. The van der Waals surface area contributed by atoms with Crippen molar-refractivity contribution < 1.29 is 33.0 Å². The van der Waals surface area contributed by atoms with Gasteiger partial charge in [-0.2, -0.15) is 0 Å². The molecule has 0 fully saturated rings. The molecular formula is C24H26F2N2O5S. The number of carboxylic acid groups (broad SMARTS) is 1. The summed E-state index contributed by atoms with van der Waals surface area (Å²) in [5.41, 5.74) is 1.20. The van der Waals surface area contributed by atoms with E-state index in [-0.39, 0.29) is 17.1 Å². The summed E-state index contributed by atoms with van der Waals surface area (Å²) in [4.78, 5) is 38.1. The van der Waals surface area contributed by atoms with Crippen LogP contribution in [0.4, 0.5) is 14.5 Å². The molecule has 1 aliphatic heterocycles. The molecule has 2 aromatic rings. The number of nitrogens with one attached hydrogen (secondary N) is 1. The monoisotopic (exact) mass is 492 g/mol. The highest BCUT2D eigenvalue weighted by molar-refractivity contribution is 8.32. The molecule has 0 radical (unpaired) electrons. The second kappa shape index (κ2) is 9.84. The van der Waals surface area contributed by atoms with E-state index >= 15 is 0 Å². The topological polar surface area (TPSA) is 95.9 Å². The second-order valence-electron chi connectivity index (χ2n) is 8.52. The van der Waals surface area contributed by atoms with Gasteiger partial charge in [0.2, 0.25) is 5.91 Å². The van der Waals surface area contributed by atoms with Gasteiger partial charge in [-0.05, 0) is 60.6 Å². The van der Waals surface area contributed by atoms with Crippen molar-refractivity contribution in [1.82, 2.24) is 4.90 Å². The number of halogens is 2. The fourth-order valence-corrected chi connectivity index (χ4v) is 5.20. The van der Waals surface area contributed by atoms with Crippen molar-refractivity contribution in [2.45, 2.75) is 17.4 Å². The number of anilines is 1. The number of rotatable bonds is 6. The number of carbonyl (C=O) groups is 3. The van der Waals surface area contributed by atoms with Crippen LogP contribution < -0.4 is 10.1 Å². The van der Waals surface area contributed by atoms with E-state index in [1.165, 1.54) is 12.0 Å². The number of hydrogen-bond donors (Lipinski definition) is 2. The minimum Gasteiger partial charge on any atom is -0.497 e. The first kappa shape index (κ1) is 25.2. The molecule has 0 spiro atoms. The number of carboxylic acids is 1. The molecule has 0 aliphatic carbocycles. The number of hydrogen-bond acceptors (Lipinski definition) is 4. The predicted octanol–water partition coefficient (Wildman–Crippen LogP) is 3.73. The lowest BCUT2D eigenvalue weighted by atomic mass is 9.91. The zero-order valence-corrected chi connectivity index (χ0v) is 20.0. The number of methoxy groups -OCH3 is 1. The highest BCUT2D eigenvalue weighted by Crippen LogP contribution is 2.48. The molecule has 3 rings (SSSR count). The van der Waals surface area contributed by atoms with E-state index in [0.717, 1.165) is 23.8 Å². The molecule has 10 heteroatoms. The number of fused-ring (bicyclic) bond motifs is 1. The first-order valence-electron chi connectivity index (χ1n) is 10.3. The number of nitrogens with zero attached hydrogens (tertiary/aromatic N) is 1. The largest absolute Gasteiger partial charge is 0.497 e. The van der Waals surface area contributed by atoms with Crippen LogP contribution in [0.5, 0.6) is 5.75 Å². The number of benzene rings is 2. The third-order valence-electron chi connectivity index (χ3n) is 5.36. The molecule has 0 unspecified atom stereocenters. The zero-order chi connectivity index (χ0) is 25.2. The Morgan fingerprint density at radius 1 is 1.12 bits per heavy atom. The van der Waals surface area contributed by atoms with Gasteiger partial charge in [-0.3, -0.25) is 9.59 Å². The van der Waals surface area contributed by atoms with Gasteiger partial charge in [-0.15, -0.1) is 0 Å². The van der Waals surface area contributed by atoms with Gasteiger partial charge >= 0.3 is 5.97 Å². The summed E-state index contributed by atoms with van der Waals surface area (Å²) in [7, 11) is -0.186. The van der Waals surface area contributed by atoms with Crippen LogP contribution in [-0.4, -0.2) is 60.2 Å². The molecule has 1 atom stereocenters. The van der Waals surface area contributed by atoms with Crippen molar-refractivity contribution in [2.75, 3.05) is 37.7 Å². The molecule has 0 saturated heterocycles. The van der Waals surface area contributed by atoms with E-state index in [0.29, 0.717) is 23.8 Å². The predicted molar refractivity (Wildman–Crippen MR) is 127 cm³/mol.